The Balaban J connectivity index is 2.32. The Kier molecular flexibility index (Phi) is 2.01. The highest BCUT2D eigenvalue weighted by Crippen LogP contribution is 2.21. The van der Waals surface area contributed by atoms with Gasteiger partial charge in [-0.15, -0.1) is 0 Å². The molecule has 66 valence electrons. The highest BCUT2D eigenvalue weighted by atomic mass is 15.5. The van der Waals surface area contributed by atoms with Crippen molar-refractivity contribution in [2.45, 2.75) is 13.1 Å². The molecule has 0 amide bonds. The first kappa shape index (κ1) is 8.24. The summed E-state index contributed by atoms with van der Waals surface area (Å²) in [4.78, 5) is 0. The van der Waals surface area contributed by atoms with E-state index in [2.05, 4.69) is 16.5 Å². The van der Waals surface area contributed by atoms with Crippen LogP contribution in [0.1, 0.15) is 16.7 Å². The first-order chi connectivity index (χ1) is 6.33. The van der Waals surface area contributed by atoms with Crippen LogP contribution in [-0.2, 0) is 13.1 Å². The summed E-state index contributed by atoms with van der Waals surface area (Å²) >= 11 is 0. The minimum Gasteiger partial charge on any atom is -0.258 e. The number of hydrogen-bond donors (Lipinski definition) is 1. The smallest absolute Gasteiger partial charge is 0.0991 e. The molecule has 0 atom stereocenters. The molecular weight excluding hydrogens is 162 g/mol. The van der Waals surface area contributed by atoms with Crippen LogP contribution < -0.4 is 5.43 Å². The number of hydrazine groups is 1. The third-order valence-corrected chi connectivity index (χ3v) is 2.37. The Morgan fingerprint density at radius 2 is 2.15 bits per heavy atom. The standard InChI is InChI=1S/C10H11N3/c1-12-13-6-9-3-2-8(5-11)4-10(9)7-13/h2-4,12H,6-7H2,1H3. The van der Waals surface area contributed by atoms with Crippen LogP contribution in [0.2, 0.25) is 0 Å². The maximum Gasteiger partial charge on any atom is 0.0991 e. The molecular formula is C10H11N3. The summed E-state index contributed by atoms with van der Waals surface area (Å²) in [5, 5.41) is 10.8. The molecule has 13 heavy (non-hydrogen) atoms. The van der Waals surface area contributed by atoms with Crippen molar-refractivity contribution in [2.75, 3.05) is 7.05 Å². The first-order valence-electron chi connectivity index (χ1n) is 4.27. The zero-order valence-corrected chi connectivity index (χ0v) is 7.54. The fourth-order valence-electron chi connectivity index (χ4n) is 1.62. The van der Waals surface area contributed by atoms with Gasteiger partial charge >= 0.3 is 0 Å². The van der Waals surface area contributed by atoms with Crippen LogP contribution in [0.15, 0.2) is 18.2 Å². The monoisotopic (exact) mass is 173 g/mol. The lowest BCUT2D eigenvalue weighted by molar-refractivity contribution is 0.212. The minimum atomic E-state index is 0.747. The summed E-state index contributed by atoms with van der Waals surface area (Å²) in [5.41, 5.74) is 6.42. The van der Waals surface area contributed by atoms with Gasteiger partial charge in [-0.3, -0.25) is 5.43 Å². The Hall–Kier alpha value is -1.37. The molecule has 0 unspecified atom stereocenters. The highest BCUT2D eigenvalue weighted by Gasteiger charge is 2.17. The molecule has 0 saturated carbocycles. The maximum absolute atomic E-state index is 8.71. The summed E-state index contributed by atoms with van der Waals surface area (Å²) in [6.45, 7) is 1.82. The number of hydrogen-bond acceptors (Lipinski definition) is 3. The van der Waals surface area contributed by atoms with E-state index in [4.69, 9.17) is 5.26 Å². The lowest BCUT2D eigenvalue weighted by Crippen LogP contribution is -2.29. The number of rotatable bonds is 1. The van der Waals surface area contributed by atoms with Gasteiger partial charge in [-0.1, -0.05) is 6.07 Å². The Morgan fingerprint density at radius 1 is 1.38 bits per heavy atom. The van der Waals surface area contributed by atoms with E-state index in [0.29, 0.717) is 0 Å². The SMILES string of the molecule is CNN1Cc2ccc(C#N)cc2C1. The predicted molar refractivity (Wildman–Crippen MR) is 49.5 cm³/mol. The van der Waals surface area contributed by atoms with Crippen LogP contribution in [0.4, 0.5) is 0 Å². The van der Waals surface area contributed by atoms with Crippen LogP contribution in [0.5, 0.6) is 0 Å². The van der Waals surface area contributed by atoms with Crippen molar-refractivity contribution >= 4 is 0 Å². The summed E-state index contributed by atoms with van der Waals surface area (Å²) < 4.78 is 0. The number of nitrogens with one attached hydrogen (secondary N) is 1. The number of nitrogens with zero attached hydrogens (tertiary/aromatic N) is 2. The fraction of sp³-hybridized carbons (Fsp3) is 0.300. The van der Waals surface area contributed by atoms with E-state index in [1.165, 1.54) is 11.1 Å². The van der Waals surface area contributed by atoms with Crippen molar-refractivity contribution in [2.24, 2.45) is 0 Å². The van der Waals surface area contributed by atoms with Gasteiger partial charge in [0.1, 0.15) is 0 Å². The van der Waals surface area contributed by atoms with Crippen LogP contribution in [-0.4, -0.2) is 12.1 Å². The topological polar surface area (TPSA) is 39.1 Å². The Bertz CT molecular complexity index is 365. The number of benzene rings is 1. The molecule has 1 aromatic carbocycles. The van der Waals surface area contributed by atoms with Crippen molar-refractivity contribution in [1.29, 1.82) is 5.26 Å². The zero-order chi connectivity index (χ0) is 9.26. The highest BCUT2D eigenvalue weighted by molar-refractivity contribution is 5.39. The summed E-state index contributed by atoms with van der Waals surface area (Å²) in [6, 6.07) is 8.02. The molecule has 1 heterocycles. The van der Waals surface area contributed by atoms with Crippen molar-refractivity contribution in [1.82, 2.24) is 10.4 Å². The molecule has 0 saturated heterocycles. The molecule has 0 aromatic heterocycles. The lowest BCUT2D eigenvalue weighted by atomic mass is 10.1. The number of nitriles is 1. The molecule has 0 bridgehead atoms. The van der Waals surface area contributed by atoms with E-state index < -0.39 is 0 Å². The van der Waals surface area contributed by atoms with Crippen LogP contribution in [0.3, 0.4) is 0 Å². The van der Waals surface area contributed by atoms with Gasteiger partial charge in [0.25, 0.3) is 0 Å². The molecule has 3 nitrogen and oxygen atoms in total. The van der Waals surface area contributed by atoms with Crippen LogP contribution in [0.25, 0.3) is 0 Å². The Labute approximate surface area is 77.6 Å². The van der Waals surface area contributed by atoms with E-state index in [9.17, 15) is 0 Å². The second-order valence-electron chi connectivity index (χ2n) is 3.17. The van der Waals surface area contributed by atoms with E-state index in [-0.39, 0.29) is 0 Å². The fourth-order valence-corrected chi connectivity index (χ4v) is 1.62. The largest absolute Gasteiger partial charge is 0.258 e. The average molecular weight is 173 g/mol. The van der Waals surface area contributed by atoms with Crippen LogP contribution >= 0.6 is 0 Å². The maximum atomic E-state index is 8.71. The minimum absolute atomic E-state index is 0.747. The summed E-state index contributed by atoms with van der Waals surface area (Å²) in [7, 11) is 1.91. The van der Waals surface area contributed by atoms with E-state index >= 15 is 0 Å². The van der Waals surface area contributed by atoms with Gasteiger partial charge in [-0.25, -0.2) is 5.01 Å². The summed E-state index contributed by atoms with van der Waals surface area (Å²) in [6.07, 6.45) is 0. The van der Waals surface area contributed by atoms with Gasteiger partial charge in [-0.05, 0) is 30.3 Å². The Morgan fingerprint density at radius 3 is 2.85 bits per heavy atom. The van der Waals surface area contributed by atoms with E-state index in [1.807, 2.05) is 25.2 Å². The molecule has 0 spiro atoms. The molecule has 1 aliphatic heterocycles. The first-order valence-corrected chi connectivity index (χ1v) is 4.27. The summed E-state index contributed by atoms with van der Waals surface area (Å²) in [5.74, 6) is 0. The molecule has 1 aromatic rings. The van der Waals surface area contributed by atoms with E-state index in [0.717, 1.165) is 18.7 Å². The predicted octanol–water partition coefficient (Wildman–Crippen LogP) is 1.01. The van der Waals surface area contributed by atoms with Crippen molar-refractivity contribution in [3.05, 3.63) is 34.9 Å². The van der Waals surface area contributed by atoms with Crippen molar-refractivity contribution in [3.63, 3.8) is 0 Å². The molecule has 3 heteroatoms. The average Bonchev–Trinajstić information content (AvgIpc) is 2.58. The molecule has 0 radical (unpaired) electrons. The lowest BCUT2D eigenvalue weighted by Gasteiger charge is -2.11. The van der Waals surface area contributed by atoms with Gasteiger partial charge in [0.2, 0.25) is 0 Å². The van der Waals surface area contributed by atoms with Gasteiger partial charge in [0.15, 0.2) is 0 Å². The van der Waals surface area contributed by atoms with Gasteiger partial charge < -0.3 is 0 Å². The molecule has 1 aliphatic rings. The molecule has 2 rings (SSSR count). The van der Waals surface area contributed by atoms with Crippen molar-refractivity contribution in [3.8, 4) is 6.07 Å². The molecule has 0 fully saturated rings. The number of fused-ring (bicyclic) bond motifs is 1. The normalized spacial score (nSPS) is 15.4. The second kappa shape index (κ2) is 3.17. The third-order valence-electron chi connectivity index (χ3n) is 2.37. The van der Waals surface area contributed by atoms with E-state index in [1.54, 1.807) is 0 Å². The van der Waals surface area contributed by atoms with Gasteiger partial charge in [0, 0.05) is 13.1 Å². The van der Waals surface area contributed by atoms with Gasteiger partial charge in [0.05, 0.1) is 11.6 Å². The second-order valence-corrected chi connectivity index (χ2v) is 3.17. The quantitative estimate of drug-likeness (QED) is 0.688. The van der Waals surface area contributed by atoms with Crippen molar-refractivity contribution < 1.29 is 0 Å². The van der Waals surface area contributed by atoms with Crippen LogP contribution in [0, 0.1) is 11.3 Å². The molecule has 0 aliphatic carbocycles. The molecule has 1 N–H and O–H groups in total. The third kappa shape index (κ3) is 1.42. The zero-order valence-electron chi connectivity index (χ0n) is 7.54. The van der Waals surface area contributed by atoms with Gasteiger partial charge in [-0.2, -0.15) is 5.26 Å².